The molecule has 0 saturated carbocycles. The summed E-state index contributed by atoms with van der Waals surface area (Å²) in [5.74, 6) is -0.539. The molecule has 0 radical (unpaired) electrons. The number of amides is 1. The molecule has 0 spiro atoms. The monoisotopic (exact) mass is 338 g/mol. The Bertz CT molecular complexity index is 641. The number of carbonyl (C=O) groups is 1. The van der Waals surface area contributed by atoms with E-state index in [0.29, 0.717) is 21.5 Å². The fourth-order valence-electron chi connectivity index (χ4n) is 1.67. The number of rotatable bonds is 3. The molecule has 0 saturated heterocycles. The van der Waals surface area contributed by atoms with Crippen molar-refractivity contribution in [3.63, 3.8) is 0 Å². The van der Waals surface area contributed by atoms with Crippen molar-refractivity contribution in [2.75, 3.05) is 18.2 Å². The Labute approximate surface area is 123 Å². The van der Waals surface area contributed by atoms with E-state index in [1.807, 2.05) is 0 Å². The predicted molar refractivity (Wildman–Crippen MR) is 79.5 cm³/mol. The van der Waals surface area contributed by atoms with E-state index in [9.17, 15) is 9.18 Å². The lowest BCUT2D eigenvalue weighted by molar-refractivity contribution is 0.102. The molecule has 0 atom stereocenters. The van der Waals surface area contributed by atoms with E-state index in [-0.39, 0.29) is 5.69 Å². The molecule has 0 bridgehead atoms. The van der Waals surface area contributed by atoms with Gasteiger partial charge in [0.2, 0.25) is 0 Å². The van der Waals surface area contributed by atoms with E-state index in [4.69, 9.17) is 10.5 Å². The van der Waals surface area contributed by atoms with Gasteiger partial charge in [-0.2, -0.15) is 0 Å². The SMILES string of the molecule is COc1ccc(F)c(NC(=O)c2cc(N)cc(Br)c2)c1. The van der Waals surface area contributed by atoms with Crippen LogP contribution in [0.3, 0.4) is 0 Å². The normalized spacial score (nSPS) is 10.2. The molecule has 2 rings (SSSR count). The Morgan fingerprint density at radius 2 is 2.05 bits per heavy atom. The van der Waals surface area contributed by atoms with E-state index < -0.39 is 11.7 Å². The number of nitrogen functional groups attached to an aromatic ring is 1. The number of hydrogen-bond acceptors (Lipinski definition) is 3. The number of anilines is 2. The summed E-state index contributed by atoms with van der Waals surface area (Å²) in [6, 6.07) is 8.89. The maximum atomic E-state index is 13.6. The second-order valence-electron chi connectivity index (χ2n) is 4.07. The molecule has 3 N–H and O–H groups in total. The molecule has 0 unspecified atom stereocenters. The van der Waals surface area contributed by atoms with Gasteiger partial charge in [-0.25, -0.2) is 4.39 Å². The zero-order valence-electron chi connectivity index (χ0n) is 10.6. The van der Waals surface area contributed by atoms with Crippen molar-refractivity contribution in [1.29, 1.82) is 0 Å². The summed E-state index contributed by atoms with van der Waals surface area (Å²) in [7, 11) is 1.47. The number of ether oxygens (including phenoxy) is 1. The van der Waals surface area contributed by atoms with Gasteiger partial charge in [0, 0.05) is 21.8 Å². The van der Waals surface area contributed by atoms with Crippen molar-refractivity contribution >= 4 is 33.2 Å². The van der Waals surface area contributed by atoms with Gasteiger partial charge in [0.15, 0.2) is 0 Å². The van der Waals surface area contributed by atoms with Crippen molar-refractivity contribution < 1.29 is 13.9 Å². The standard InChI is InChI=1S/C14H12BrFN2O2/c1-20-11-2-3-12(16)13(7-11)18-14(19)8-4-9(15)6-10(17)5-8/h2-7H,17H2,1H3,(H,18,19). The van der Waals surface area contributed by atoms with Crippen LogP contribution in [-0.2, 0) is 0 Å². The molecule has 0 aliphatic heterocycles. The predicted octanol–water partition coefficient (Wildman–Crippen LogP) is 3.43. The van der Waals surface area contributed by atoms with Crippen molar-refractivity contribution in [3.8, 4) is 5.75 Å². The highest BCUT2D eigenvalue weighted by Crippen LogP contribution is 2.23. The van der Waals surface area contributed by atoms with Crippen molar-refractivity contribution in [1.82, 2.24) is 0 Å². The third-order valence-corrected chi connectivity index (χ3v) is 3.06. The van der Waals surface area contributed by atoms with Crippen LogP contribution in [0.1, 0.15) is 10.4 Å². The summed E-state index contributed by atoms with van der Waals surface area (Å²) in [5.41, 5.74) is 6.48. The summed E-state index contributed by atoms with van der Waals surface area (Å²) in [6.45, 7) is 0. The summed E-state index contributed by atoms with van der Waals surface area (Å²) in [4.78, 5) is 12.1. The molecule has 2 aromatic carbocycles. The number of hydrogen-bond donors (Lipinski definition) is 2. The molecule has 1 amide bonds. The zero-order chi connectivity index (χ0) is 14.7. The zero-order valence-corrected chi connectivity index (χ0v) is 12.2. The van der Waals surface area contributed by atoms with E-state index >= 15 is 0 Å². The van der Waals surface area contributed by atoms with Crippen LogP contribution in [-0.4, -0.2) is 13.0 Å². The van der Waals surface area contributed by atoms with Gasteiger partial charge < -0.3 is 15.8 Å². The lowest BCUT2D eigenvalue weighted by Crippen LogP contribution is -2.13. The topological polar surface area (TPSA) is 64.3 Å². The molecule has 0 heterocycles. The van der Waals surface area contributed by atoms with E-state index in [1.54, 1.807) is 12.1 Å². The molecular formula is C14H12BrFN2O2. The number of nitrogens with one attached hydrogen (secondary N) is 1. The summed E-state index contributed by atoms with van der Waals surface area (Å²) >= 11 is 3.25. The average Bonchev–Trinajstić information content (AvgIpc) is 2.40. The smallest absolute Gasteiger partial charge is 0.255 e. The van der Waals surface area contributed by atoms with Gasteiger partial charge in [0.25, 0.3) is 5.91 Å². The van der Waals surface area contributed by atoms with Crippen LogP contribution in [0.15, 0.2) is 40.9 Å². The molecular weight excluding hydrogens is 327 g/mol. The van der Waals surface area contributed by atoms with Crippen LogP contribution in [0, 0.1) is 5.82 Å². The van der Waals surface area contributed by atoms with Crippen molar-refractivity contribution in [3.05, 3.63) is 52.3 Å². The number of halogens is 2. The van der Waals surface area contributed by atoms with Crippen LogP contribution in [0.25, 0.3) is 0 Å². The summed E-state index contributed by atoms with van der Waals surface area (Å²) in [5, 5.41) is 2.49. The highest BCUT2D eigenvalue weighted by Gasteiger charge is 2.11. The van der Waals surface area contributed by atoms with Crippen LogP contribution in [0.2, 0.25) is 0 Å². The van der Waals surface area contributed by atoms with E-state index in [0.717, 1.165) is 0 Å². The minimum absolute atomic E-state index is 0.0490. The molecule has 0 aromatic heterocycles. The van der Waals surface area contributed by atoms with Crippen LogP contribution >= 0.6 is 15.9 Å². The Balaban J connectivity index is 2.27. The summed E-state index contributed by atoms with van der Waals surface area (Å²) < 4.78 is 19.3. The first-order valence-corrected chi connectivity index (χ1v) is 6.50. The Kier molecular flexibility index (Phi) is 4.24. The molecule has 0 aliphatic rings. The highest BCUT2D eigenvalue weighted by molar-refractivity contribution is 9.10. The minimum Gasteiger partial charge on any atom is -0.497 e. The maximum absolute atomic E-state index is 13.6. The van der Waals surface area contributed by atoms with Gasteiger partial charge in [-0.1, -0.05) is 15.9 Å². The quantitative estimate of drug-likeness (QED) is 0.842. The van der Waals surface area contributed by atoms with Crippen LogP contribution < -0.4 is 15.8 Å². The number of carbonyl (C=O) groups excluding carboxylic acids is 1. The fourth-order valence-corrected chi connectivity index (χ4v) is 2.18. The van der Waals surface area contributed by atoms with Gasteiger partial charge in [-0.05, 0) is 30.3 Å². The first-order valence-electron chi connectivity index (χ1n) is 5.70. The number of benzene rings is 2. The number of methoxy groups -OCH3 is 1. The summed E-state index contributed by atoms with van der Waals surface area (Å²) in [6.07, 6.45) is 0. The van der Waals surface area contributed by atoms with E-state index in [1.165, 1.54) is 31.4 Å². The maximum Gasteiger partial charge on any atom is 0.255 e. The van der Waals surface area contributed by atoms with Crippen molar-refractivity contribution in [2.45, 2.75) is 0 Å². The minimum atomic E-state index is -0.540. The second kappa shape index (κ2) is 5.92. The van der Waals surface area contributed by atoms with Gasteiger partial charge in [0.05, 0.1) is 12.8 Å². The fraction of sp³-hybridized carbons (Fsp3) is 0.0714. The third-order valence-electron chi connectivity index (χ3n) is 2.60. The molecule has 6 heteroatoms. The second-order valence-corrected chi connectivity index (χ2v) is 4.99. The Morgan fingerprint density at radius 3 is 2.70 bits per heavy atom. The van der Waals surface area contributed by atoms with Gasteiger partial charge >= 0.3 is 0 Å². The molecule has 2 aromatic rings. The molecule has 4 nitrogen and oxygen atoms in total. The molecule has 20 heavy (non-hydrogen) atoms. The molecule has 104 valence electrons. The van der Waals surface area contributed by atoms with Crippen molar-refractivity contribution in [2.24, 2.45) is 0 Å². The molecule has 0 fully saturated rings. The average molecular weight is 339 g/mol. The first kappa shape index (κ1) is 14.3. The van der Waals surface area contributed by atoms with E-state index in [2.05, 4.69) is 21.2 Å². The highest BCUT2D eigenvalue weighted by atomic mass is 79.9. The number of nitrogens with two attached hydrogens (primary N) is 1. The Hall–Kier alpha value is -2.08. The molecule has 0 aliphatic carbocycles. The van der Waals surface area contributed by atoms with Crippen LogP contribution in [0.5, 0.6) is 5.75 Å². The lowest BCUT2D eigenvalue weighted by Gasteiger charge is -2.09. The van der Waals surface area contributed by atoms with Gasteiger partial charge in [0.1, 0.15) is 11.6 Å². The Morgan fingerprint density at radius 1 is 1.30 bits per heavy atom. The first-order chi connectivity index (χ1) is 9.49. The van der Waals surface area contributed by atoms with Crippen LogP contribution in [0.4, 0.5) is 15.8 Å². The third kappa shape index (κ3) is 3.27. The van der Waals surface area contributed by atoms with Gasteiger partial charge in [-0.3, -0.25) is 4.79 Å². The lowest BCUT2D eigenvalue weighted by atomic mass is 10.2. The largest absolute Gasteiger partial charge is 0.497 e. The van der Waals surface area contributed by atoms with Gasteiger partial charge in [-0.15, -0.1) is 0 Å².